The van der Waals surface area contributed by atoms with Gasteiger partial charge >= 0.3 is 0 Å². The van der Waals surface area contributed by atoms with Crippen LogP contribution in [-0.2, 0) is 0 Å². The molecule has 3 N–H and O–H groups in total. The van der Waals surface area contributed by atoms with Gasteiger partial charge in [-0.1, -0.05) is 13.8 Å². The van der Waals surface area contributed by atoms with Crippen LogP contribution in [0.1, 0.15) is 56.7 Å². The number of hydrogen-bond acceptors (Lipinski definition) is 6. The van der Waals surface area contributed by atoms with Crippen molar-refractivity contribution in [3.05, 3.63) is 23.5 Å². The van der Waals surface area contributed by atoms with E-state index in [1.54, 1.807) is 0 Å². The third-order valence-electron chi connectivity index (χ3n) is 5.70. The molecule has 26 heavy (non-hydrogen) atoms. The van der Waals surface area contributed by atoms with Crippen LogP contribution in [0, 0.1) is 12.3 Å². The lowest BCUT2D eigenvalue weighted by atomic mass is 9.71. The van der Waals surface area contributed by atoms with Crippen molar-refractivity contribution < 1.29 is 5.11 Å². The van der Waals surface area contributed by atoms with Crippen molar-refractivity contribution >= 4 is 17.6 Å². The Bertz CT molecular complexity index is 778. The highest BCUT2D eigenvalue weighted by molar-refractivity contribution is 5.58. The number of aromatic nitrogens is 4. The van der Waals surface area contributed by atoms with E-state index in [0.29, 0.717) is 12.0 Å². The van der Waals surface area contributed by atoms with Crippen LogP contribution in [-0.4, -0.2) is 44.5 Å². The summed E-state index contributed by atoms with van der Waals surface area (Å²) in [5.74, 6) is 3.01. The maximum Gasteiger partial charge on any atom is 0.227 e. The summed E-state index contributed by atoms with van der Waals surface area (Å²) in [6.45, 7) is 7.11. The highest BCUT2D eigenvalue weighted by Gasteiger charge is 2.55. The maximum atomic E-state index is 9.58. The molecule has 6 rings (SSSR count). The summed E-state index contributed by atoms with van der Waals surface area (Å²) in [5.41, 5.74) is 2.28. The van der Waals surface area contributed by atoms with Crippen molar-refractivity contribution in [1.29, 1.82) is 0 Å². The van der Waals surface area contributed by atoms with Crippen LogP contribution < -0.4 is 10.2 Å². The molecule has 0 spiro atoms. The molecule has 2 saturated carbocycles. The number of rotatable bonds is 5. The van der Waals surface area contributed by atoms with E-state index in [1.807, 2.05) is 27.0 Å². The number of aliphatic hydroxyl groups excluding tert-OH is 1. The van der Waals surface area contributed by atoms with Gasteiger partial charge in [0.15, 0.2) is 5.82 Å². The van der Waals surface area contributed by atoms with E-state index in [1.165, 1.54) is 18.5 Å². The molecule has 0 unspecified atom stereocenters. The van der Waals surface area contributed by atoms with Crippen LogP contribution in [0.15, 0.2) is 12.3 Å². The molecule has 7 heteroatoms. The first-order chi connectivity index (χ1) is 12.7. The molecule has 0 atom stereocenters. The minimum absolute atomic E-state index is 0.0772. The number of aliphatic hydroxyl groups is 1. The Labute approximate surface area is 154 Å². The molecular weight excluding hydrogens is 328 g/mol. The molecule has 0 radical (unpaired) electrons. The van der Waals surface area contributed by atoms with Crippen LogP contribution in [0.3, 0.4) is 0 Å². The molecule has 4 aliphatic rings. The normalized spacial score (nSPS) is 26.2. The Kier molecular flexibility index (Phi) is 4.34. The average molecular weight is 356 g/mol. The summed E-state index contributed by atoms with van der Waals surface area (Å²) in [6.07, 6.45) is 6.46. The molecule has 0 aromatic carbocycles. The van der Waals surface area contributed by atoms with Crippen molar-refractivity contribution in [3.63, 3.8) is 0 Å². The largest absolute Gasteiger partial charge is 0.396 e. The summed E-state index contributed by atoms with van der Waals surface area (Å²) in [4.78, 5) is 11.5. The highest BCUT2D eigenvalue weighted by Crippen LogP contribution is 2.52. The number of anilines is 3. The Morgan fingerprint density at radius 3 is 2.77 bits per heavy atom. The van der Waals surface area contributed by atoms with Gasteiger partial charge in [0.2, 0.25) is 5.95 Å². The van der Waals surface area contributed by atoms with Crippen LogP contribution in [0.4, 0.5) is 17.6 Å². The second kappa shape index (κ2) is 6.54. The molecule has 2 bridgehead atoms. The van der Waals surface area contributed by atoms with Crippen LogP contribution in [0.25, 0.3) is 0 Å². The summed E-state index contributed by atoms with van der Waals surface area (Å²) < 4.78 is 0. The second-order valence-electron chi connectivity index (χ2n) is 7.66. The molecule has 2 aliphatic carbocycles. The fraction of sp³-hybridized carbons (Fsp3) is 0.632. The number of hydrogen-bond donors (Lipinski definition) is 3. The van der Waals surface area contributed by atoms with E-state index in [9.17, 15) is 5.11 Å². The molecule has 2 saturated heterocycles. The molecular formula is C19H28N6O. The summed E-state index contributed by atoms with van der Waals surface area (Å²) in [7, 11) is 0. The van der Waals surface area contributed by atoms with Crippen molar-refractivity contribution in [2.45, 2.75) is 58.4 Å². The van der Waals surface area contributed by atoms with Gasteiger partial charge in [-0.3, -0.25) is 5.10 Å². The van der Waals surface area contributed by atoms with Gasteiger partial charge in [-0.05, 0) is 32.6 Å². The SMILES string of the molecule is CC.Cc1cnc(N2CC3(CO)CC2C3)nc1Nc1cc(C2CC2)[nH]n1. The zero-order valence-corrected chi connectivity index (χ0v) is 15.8. The number of fused-ring (bicyclic) bond motifs is 1. The van der Waals surface area contributed by atoms with E-state index < -0.39 is 0 Å². The first-order valence-corrected chi connectivity index (χ1v) is 9.69. The van der Waals surface area contributed by atoms with Gasteiger partial charge in [-0.2, -0.15) is 10.1 Å². The number of nitrogens with one attached hydrogen (secondary N) is 2. The lowest BCUT2D eigenvalue weighted by Crippen LogP contribution is -2.37. The summed E-state index contributed by atoms with van der Waals surface area (Å²) in [6, 6.07) is 2.55. The van der Waals surface area contributed by atoms with E-state index >= 15 is 0 Å². The lowest BCUT2D eigenvalue weighted by Gasteiger charge is -2.34. The fourth-order valence-corrected chi connectivity index (χ4v) is 4.02. The van der Waals surface area contributed by atoms with Crippen molar-refractivity contribution in [2.75, 3.05) is 23.4 Å². The van der Waals surface area contributed by atoms with E-state index in [4.69, 9.17) is 4.98 Å². The van der Waals surface area contributed by atoms with E-state index in [0.717, 1.165) is 42.5 Å². The third-order valence-corrected chi connectivity index (χ3v) is 5.70. The summed E-state index contributed by atoms with van der Waals surface area (Å²) >= 11 is 0. The Morgan fingerprint density at radius 2 is 2.12 bits per heavy atom. The average Bonchev–Trinajstić information content (AvgIpc) is 3.12. The number of aromatic amines is 1. The Hall–Kier alpha value is -2.15. The number of nitrogens with zero attached hydrogens (tertiary/aromatic N) is 4. The zero-order valence-electron chi connectivity index (χ0n) is 15.8. The molecule has 2 aromatic heterocycles. The fourth-order valence-electron chi connectivity index (χ4n) is 4.02. The molecule has 2 aliphatic heterocycles. The number of aryl methyl sites for hydroxylation is 1. The summed E-state index contributed by atoms with van der Waals surface area (Å²) in [5, 5.41) is 20.4. The molecule has 2 aromatic rings. The smallest absolute Gasteiger partial charge is 0.227 e. The Balaban J connectivity index is 0.000000814. The monoisotopic (exact) mass is 356 g/mol. The first-order valence-electron chi connectivity index (χ1n) is 9.69. The topological polar surface area (TPSA) is 90.0 Å². The number of H-pyrrole nitrogens is 1. The molecule has 0 amide bonds. The first kappa shape index (κ1) is 17.3. The van der Waals surface area contributed by atoms with Gasteiger partial charge in [0, 0.05) is 47.4 Å². The minimum Gasteiger partial charge on any atom is -0.396 e. The lowest BCUT2D eigenvalue weighted by molar-refractivity contribution is 0.0873. The van der Waals surface area contributed by atoms with Gasteiger partial charge in [-0.25, -0.2) is 4.98 Å². The molecule has 7 nitrogen and oxygen atoms in total. The molecule has 140 valence electrons. The van der Waals surface area contributed by atoms with Crippen LogP contribution in [0.2, 0.25) is 0 Å². The van der Waals surface area contributed by atoms with Gasteiger partial charge in [0.1, 0.15) is 5.82 Å². The Morgan fingerprint density at radius 1 is 1.35 bits per heavy atom. The predicted octanol–water partition coefficient (Wildman–Crippen LogP) is 3.12. The second-order valence-corrected chi connectivity index (χ2v) is 7.66. The predicted molar refractivity (Wildman–Crippen MR) is 102 cm³/mol. The van der Waals surface area contributed by atoms with Crippen LogP contribution >= 0.6 is 0 Å². The highest BCUT2D eigenvalue weighted by atomic mass is 16.3. The zero-order chi connectivity index (χ0) is 18.3. The standard InChI is InChI=1S/C17H22N6O.C2H6/c1-10-7-18-16(23-8-17(9-24)5-12(23)6-17)20-15(10)19-14-4-13(21-22-14)11-2-3-11;1-2/h4,7,11-12,24H,2-3,5-6,8-9H2,1H3,(H2,18,19,20,21,22);1-2H3. The van der Waals surface area contributed by atoms with Gasteiger partial charge in [0.25, 0.3) is 0 Å². The van der Waals surface area contributed by atoms with Crippen molar-refractivity contribution in [3.8, 4) is 0 Å². The van der Waals surface area contributed by atoms with Crippen molar-refractivity contribution in [1.82, 2.24) is 20.2 Å². The van der Waals surface area contributed by atoms with E-state index in [2.05, 4.69) is 31.5 Å². The minimum atomic E-state index is 0.0772. The van der Waals surface area contributed by atoms with Crippen LogP contribution in [0.5, 0.6) is 0 Å². The molecule has 4 heterocycles. The van der Waals surface area contributed by atoms with Gasteiger partial charge < -0.3 is 15.3 Å². The third kappa shape index (κ3) is 2.94. The maximum absolute atomic E-state index is 9.58. The van der Waals surface area contributed by atoms with Gasteiger partial charge in [-0.15, -0.1) is 0 Å². The van der Waals surface area contributed by atoms with E-state index in [-0.39, 0.29) is 12.0 Å². The quantitative estimate of drug-likeness (QED) is 0.763. The van der Waals surface area contributed by atoms with Crippen molar-refractivity contribution in [2.24, 2.45) is 5.41 Å². The molecule has 4 fully saturated rings. The van der Waals surface area contributed by atoms with Gasteiger partial charge in [0.05, 0.1) is 6.61 Å².